The Balaban J connectivity index is 3.31. The molecule has 0 fully saturated rings. The topological polar surface area (TPSA) is 37.2 Å². The quantitative estimate of drug-likeness (QED) is 0.579. The van der Waals surface area contributed by atoms with E-state index in [4.69, 9.17) is 6.57 Å². The Morgan fingerprint density at radius 3 is 2.92 bits per heavy atom. The molecule has 0 aliphatic rings. The molecule has 0 radical (unpaired) electrons. The highest BCUT2D eigenvalue weighted by molar-refractivity contribution is 7.99. The predicted molar refractivity (Wildman–Crippen MR) is 54.5 cm³/mol. The van der Waals surface area contributed by atoms with Gasteiger partial charge >= 0.3 is 0 Å². The number of pyridine rings is 1. The number of nitrogens with zero attached hydrogens (tertiary/aromatic N) is 1. The summed E-state index contributed by atoms with van der Waals surface area (Å²) in [6, 6.07) is 1.45. The lowest BCUT2D eigenvalue weighted by Crippen LogP contribution is -2.05. The SMILES string of the molecule is [C-]#[N+]c1c(C)cc(=O)[nH]c1SCC. The maximum atomic E-state index is 11.1. The fourth-order valence-corrected chi connectivity index (χ4v) is 1.84. The third-order valence-electron chi connectivity index (χ3n) is 1.57. The molecule has 0 amide bonds. The maximum absolute atomic E-state index is 11.1. The van der Waals surface area contributed by atoms with Crippen LogP contribution in [-0.4, -0.2) is 10.7 Å². The van der Waals surface area contributed by atoms with E-state index in [1.807, 2.05) is 6.92 Å². The Morgan fingerprint density at radius 1 is 1.69 bits per heavy atom. The number of thioether (sulfide) groups is 1. The molecule has 0 saturated carbocycles. The van der Waals surface area contributed by atoms with Crippen molar-refractivity contribution in [2.45, 2.75) is 18.9 Å². The van der Waals surface area contributed by atoms with Gasteiger partial charge in [0.2, 0.25) is 11.2 Å². The van der Waals surface area contributed by atoms with E-state index in [0.717, 1.165) is 11.3 Å². The molecule has 0 unspecified atom stereocenters. The van der Waals surface area contributed by atoms with Crippen LogP contribution in [-0.2, 0) is 0 Å². The third kappa shape index (κ3) is 2.13. The molecule has 1 N–H and O–H groups in total. The molecule has 1 aromatic rings. The molecule has 1 heterocycles. The molecule has 68 valence electrons. The van der Waals surface area contributed by atoms with Crippen molar-refractivity contribution in [1.29, 1.82) is 0 Å². The molecule has 0 saturated heterocycles. The first-order valence-electron chi connectivity index (χ1n) is 3.93. The normalized spacial score (nSPS) is 9.62. The lowest BCUT2D eigenvalue weighted by Gasteiger charge is -2.03. The minimum absolute atomic E-state index is 0.138. The van der Waals surface area contributed by atoms with Crippen LogP contribution in [0.25, 0.3) is 4.85 Å². The van der Waals surface area contributed by atoms with E-state index in [1.165, 1.54) is 17.8 Å². The number of aryl methyl sites for hydroxylation is 1. The van der Waals surface area contributed by atoms with Crippen molar-refractivity contribution in [2.75, 3.05) is 5.75 Å². The average Bonchev–Trinajstić information content (AvgIpc) is 2.04. The zero-order chi connectivity index (χ0) is 9.84. The first kappa shape index (κ1) is 9.87. The summed E-state index contributed by atoms with van der Waals surface area (Å²) in [4.78, 5) is 17.1. The fourth-order valence-electron chi connectivity index (χ4n) is 1.04. The highest BCUT2D eigenvalue weighted by atomic mass is 32.2. The van der Waals surface area contributed by atoms with E-state index in [2.05, 4.69) is 9.83 Å². The van der Waals surface area contributed by atoms with Crippen LogP contribution in [0.15, 0.2) is 15.9 Å². The van der Waals surface area contributed by atoms with Crippen LogP contribution in [0.1, 0.15) is 12.5 Å². The highest BCUT2D eigenvalue weighted by Crippen LogP contribution is 2.28. The molecule has 0 spiro atoms. The molecular weight excluding hydrogens is 184 g/mol. The second-order valence-electron chi connectivity index (χ2n) is 2.54. The number of aromatic amines is 1. The monoisotopic (exact) mass is 194 g/mol. The first-order valence-corrected chi connectivity index (χ1v) is 4.91. The Hall–Kier alpha value is -1.21. The van der Waals surface area contributed by atoms with Gasteiger partial charge in [-0.05, 0) is 24.3 Å². The summed E-state index contributed by atoms with van der Waals surface area (Å²) >= 11 is 1.49. The van der Waals surface area contributed by atoms with Gasteiger partial charge in [0.1, 0.15) is 0 Å². The molecule has 0 atom stereocenters. The first-order chi connectivity index (χ1) is 6.19. The van der Waals surface area contributed by atoms with Crippen LogP contribution in [0, 0.1) is 13.5 Å². The van der Waals surface area contributed by atoms with Gasteiger partial charge in [-0.15, -0.1) is 11.8 Å². The summed E-state index contributed by atoms with van der Waals surface area (Å²) in [6.07, 6.45) is 0. The van der Waals surface area contributed by atoms with E-state index in [0.29, 0.717) is 10.7 Å². The predicted octanol–water partition coefficient (Wildman–Crippen LogP) is 2.35. The van der Waals surface area contributed by atoms with Gasteiger partial charge in [-0.2, -0.15) is 0 Å². The summed E-state index contributed by atoms with van der Waals surface area (Å²) in [7, 11) is 0. The maximum Gasteiger partial charge on any atom is 0.246 e. The molecule has 3 nitrogen and oxygen atoms in total. The van der Waals surface area contributed by atoms with Crippen molar-refractivity contribution >= 4 is 17.4 Å². The summed E-state index contributed by atoms with van der Waals surface area (Å²) < 4.78 is 0. The summed E-state index contributed by atoms with van der Waals surface area (Å²) in [6.45, 7) is 10.7. The van der Waals surface area contributed by atoms with E-state index >= 15 is 0 Å². The van der Waals surface area contributed by atoms with Crippen LogP contribution in [0.5, 0.6) is 0 Å². The van der Waals surface area contributed by atoms with Gasteiger partial charge in [0.05, 0.1) is 11.6 Å². The second kappa shape index (κ2) is 4.15. The standard InChI is InChI=1S/C9H10N2OS/c1-4-13-9-8(10-3)6(2)5-7(12)11-9/h5H,4H2,1-2H3,(H,11,12). The lowest BCUT2D eigenvalue weighted by atomic mass is 10.2. The van der Waals surface area contributed by atoms with E-state index in [9.17, 15) is 4.79 Å². The number of rotatable bonds is 2. The van der Waals surface area contributed by atoms with E-state index < -0.39 is 0 Å². The van der Waals surface area contributed by atoms with Crippen molar-refractivity contribution < 1.29 is 0 Å². The zero-order valence-electron chi connectivity index (χ0n) is 7.55. The number of hydrogen-bond acceptors (Lipinski definition) is 2. The van der Waals surface area contributed by atoms with Gasteiger partial charge < -0.3 is 4.98 Å². The highest BCUT2D eigenvalue weighted by Gasteiger charge is 2.06. The average molecular weight is 194 g/mol. The van der Waals surface area contributed by atoms with Crippen molar-refractivity contribution in [3.05, 3.63) is 33.4 Å². The Labute approximate surface area is 81.0 Å². The Bertz CT molecular complexity index is 403. The largest absolute Gasteiger partial charge is 0.326 e. The second-order valence-corrected chi connectivity index (χ2v) is 3.81. The van der Waals surface area contributed by atoms with Crippen LogP contribution in [0.2, 0.25) is 0 Å². The fraction of sp³-hybridized carbons (Fsp3) is 0.333. The molecule has 1 rings (SSSR count). The smallest absolute Gasteiger partial charge is 0.246 e. The third-order valence-corrected chi connectivity index (χ3v) is 2.45. The number of H-pyrrole nitrogens is 1. The van der Waals surface area contributed by atoms with Crippen molar-refractivity contribution in [1.82, 2.24) is 4.98 Å². The number of nitrogens with one attached hydrogen (secondary N) is 1. The molecule has 1 aromatic heterocycles. The van der Waals surface area contributed by atoms with Crippen molar-refractivity contribution in [3.63, 3.8) is 0 Å². The Kier molecular flexibility index (Phi) is 3.15. The van der Waals surface area contributed by atoms with E-state index in [-0.39, 0.29) is 5.56 Å². The van der Waals surface area contributed by atoms with Gasteiger partial charge in [-0.25, -0.2) is 4.85 Å². The summed E-state index contributed by atoms with van der Waals surface area (Å²) in [5, 5.41) is 0.683. The van der Waals surface area contributed by atoms with Crippen molar-refractivity contribution in [3.8, 4) is 0 Å². The van der Waals surface area contributed by atoms with Gasteiger partial charge in [0.15, 0.2) is 0 Å². The lowest BCUT2D eigenvalue weighted by molar-refractivity contribution is 1.07. The van der Waals surface area contributed by atoms with E-state index in [1.54, 1.807) is 6.92 Å². The summed E-state index contributed by atoms with van der Waals surface area (Å²) in [5.74, 6) is 0.849. The molecule has 13 heavy (non-hydrogen) atoms. The van der Waals surface area contributed by atoms with Gasteiger partial charge in [-0.1, -0.05) is 6.92 Å². The minimum Gasteiger partial charge on any atom is -0.326 e. The minimum atomic E-state index is -0.138. The van der Waals surface area contributed by atoms with Crippen molar-refractivity contribution in [2.24, 2.45) is 0 Å². The zero-order valence-corrected chi connectivity index (χ0v) is 8.36. The summed E-state index contributed by atoms with van der Waals surface area (Å²) in [5.41, 5.74) is 1.17. The van der Waals surface area contributed by atoms with Gasteiger partial charge in [0.25, 0.3) is 0 Å². The molecule has 0 bridgehead atoms. The van der Waals surface area contributed by atoms with Gasteiger partial charge in [-0.3, -0.25) is 4.79 Å². The Morgan fingerprint density at radius 2 is 2.38 bits per heavy atom. The number of hydrogen-bond donors (Lipinski definition) is 1. The van der Waals surface area contributed by atoms with Crippen LogP contribution in [0.4, 0.5) is 5.69 Å². The number of aromatic nitrogens is 1. The molecular formula is C9H10N2OS. The molecule has 0 aromatic carbocycles. The van der Waals surface area contributed by atoms with Crippen LogP contribution >= 0.6 is 11.8 Å². The van der Waals surface area contributed by atoms with Crippen LogP contribution in [0.3, 0.4) is 0 Å². The van der Waals surface area contributed by atoms with Gasteiger partial charge in [0, 0.05) is 0 Å². The molecule has 4 heteroatoms. The molecule has 0 aliphatic heterocycles. The van der Waals surface area contributed by atoms with Crippen LogP contribution < -0.4 is 5.56 Å². The molecule has 0 aliphatic carbocycles.